The summed E-state index contributed by atoms with van der Waals surface area (Å²) in [5, 5.41) is 22.6. The summed E-state index contributed by atoms with van der Waals surface area (Å²) in [5.74, 6) is -0.801. The smallest absolute Gasteiger partial charge is 0.329 e. The van der Waals surface area contributed by atoms with Crippen LogP contribution in [-0.2, 0) is 4.79 Å². The number of amides is 3. The summed E-state index contributed by atoms with van der Waals surface area (Å²) in [5.41, 5.74) is -0.371. The fraction of sp³-hybridized carbons (Fsp3) is 0.0769. The van der Waals surface area contributed by atoms with E-state index in [-0.39, 0.29) is 29.2 Å². The van der Waals surface area contributed by atoms with E-state index in [0.717, 1.165) is 23.1 Å². The molecule has 0 atom stereocenters. The van der Waals surface area contributed by atoms with Crippen molar-refractivity contribution in [3.8, 4) is 5.75 Å². The van der Waals surface area contributed by atoms with Crippen molar-refractivity contribution >= 4 is 23.7 Å². The Hall–Kier alpha value is -3.16. The molecule has 0 spiro atoms. The van der Waals surface area contributed by atoms with Crippen LogP contribution < -0.4 is 5.32 Å². The third-order valence-electron chi connectivity index (χ3n) is 2.78. The first-order chi connectivity index (χ1) is 9.93. The van der Waals surface area contributed by atoms with Crippen molar-refractivity contribution < 1.29 is 19.6 Å². The average molecular weight is 289 g/mol. The van der Waals surface area contributed by atoms with Crippen molar-refractivity contribution in [1.82, 2.24) is 10.2 Å². The number of carbonyl (C=O) groups excluding carboxylic acids is 2. The number of nitrogens with zero attached hydrogens (tertiary/aromatic N) is 2. The summed E-state index contributed by atoms with van der Waals surface area (Å²) in [4.78, 5) is 34.7. The lowest BCUT2D eigenvalue weighted by atomic mass is 10.1. The molecule has 8 heteroatoms. The summed E-state index contributed by atoms with van der Waals surface area (Å²) < 4.78 is 0. The summed E-state index contributed by atoms with van der Waals surface area (Å²) in [6.45, 7) is 3.47. The molecule has 8 nitrogen and oxygen atoms in total. The Morgan fingerprint density at radius 1 is 1.43 bits per heavy atom. The van der Waals surface area contributed by atoms with E-state index in [1.807, 2.05) is 0 Å². The molecule has 1 aliphatic heterocycles. The van der Waals surface area contributed by atoms with Gasteiger partial charge in [-0.15, -0.1) is 6.58 Å². The Kier molecular flexibility index (Phi) is 3.70. The van der Waals surface area contributed by atoms with Gasteiger partial charge in [0.2, 0.25) is 0 Å². The highest BCUT2D eigenvalue weighted by Crippen LogP contribution is 2.26. The second kappa shape index (κ2) is 5.45. The van der Waals surface area contributed by atoms with Crippen LogP contribution in [0.4, 0.5) is 10.5 Å². The maximum Gasteiger partial charge on any atom is 0.329 e. The molecule has 0 radical (unpaired) electrons. The molecule has 108 valence electrons. The van der Waals surface area contributed by atoms with E-state index in [1.54, 1.807) is 0 Å². The summed E-state index contributed by atoms with van der Waals surface area (Å²) in [7, 11) is 0. The van der Waals surface area contributed by atoms with E-state index in [9.17, 15) is 24.8 Å². The number of benzene rings is 1. The van der Waals surface area contributed by atoms with Crippen LogP contribution in [0.2, 0.25) is 0 Å². The van der Waals surface area contributed by atoms with Gasteiger partial charge in [0.05, 0.1) is 10.5 Å². The van der Waals surface area contributed by atoms with Crippen LogP contribution in [0.3, 0.4) is 0 Å². The third kappa shape index (κ3) is 2.73. The number of phenols is 1. The molecule has 0 bridgehead atoms. The monoisotopic (exact) mass is 289 g/mol. The molecule has 21 heavy (non-hydrogen) atoms. The number of nitro benzene ring substituents is 1. The Bertz CT molecular complexity index is 680. The number of hydrogen-bond donors (Lipinski definition) is 2. The SMILES string of the molecule is C=CCN1C(=O)N/C(=C/c2cc(O)ccc2[N+](=O)[O-])C1=O. The number of phenolic OH excluding ortho intramolecular Hbond substituents is 1. The fourth-order valence-electron chi connectivity index (χ4n) is 1.85. The highest BCUT2D eigenvalue weighted by Gasteiger charge is 2.33. The molecule has 1 aromatic rings. The number of urea groups is 1. The Morgan fingerprint density at radius 2 is 2.14 bits per heavy atom. The second-order valence-electron chi connectivity index (χ2n) is 4.19. The quantitative estimate of drug-likeness (QED) is 0.286. The minimum atomic E-state index is -0.644. The largest absolute Gasteiger partial charge is 0.508 e. The lowest BCUT2D eigenvalue weighted by Crippen LogP contribution is -2.30. The van der Waals surface area contributed by atoms with Crippen molar-refractivity contribution in [2.75, 3.05) is 6.54 Å². The molecule has 1 aromatic carbocycles. The minimum Gasteiger partial charge on any atom is -0.508 e. The van der Waals surface area contributed by atoms with Crippen LogP contribution in [0, 0.1) is 10.1 Å². The number of aromatic hydroxyl groups is 1. The van der Waals surface area contributed by atoms with E-state index >= 15 is 0 Å². The van der Waals surface area contributed by atoms with Gasteiger partial charge in [0, 0.05) is 12.6 Å². The van der Waals surface area contributed by atoms with Gasteiger partial charge in [-0.1, -0.05) is 6.08 Å². The Morgan fingerprint density at radius 3 is 2.76 bits per heavy atom. The molecule has 0 aliphatic carbocycles. The molecule has 0 unspecified atom stereocenters. The molecule has 1 saturated heterocycles. The van der Waals surface area contributed by atoms with Crippen LogP contribution in [-0.4, -0.2) is 33.4 Å². The molecule has 0 saturated carbocycles. The van der Waals surface area contributed by atoms with Gasteiger partial charge in [-0.25, -0.2) is 4.79 Å². The van der Waals surface area contributed by atoms with Gasteiger partial charge in [0.15, 0.2) is 0 Å². The number of carbonyl (C=O) groups is 2. The van der Waals surface area contributed by atoms with Gasteiger partial charge < -0.3 is 10.4 Å². The predicted molar refractivity (Wildman–Crippen MR) is 73.2 cm³/mol. The average Bonchev–Trinajstić information content (AvgIpc) is 2.67. The minimum absolute atomic E-state index is 0.0177. The predicted octanol–water partition coefficient (Wildman–Crippen LogP) is 1.38. The first-order valence-corrected chi connectivity index (χ1v) is 5.87. The lowest BCUT2D eigenvalue weighted by molar-refractivity contribution is -0.385. The molecule has 1 heterocycles. The summed E-state index contributed by atoms with van der Waals surface area (Å²) in [6, 6.07) is 2.79. The number of nitrogens with one attached hydrogen (secondary N) is 1. The van der Waals surface area contributed by atoms with Crippen LogP contribution >= 0.6 is 0 Å². The highest BCUT2D eigenvalue weighted by molar-refractivity contribution is 6.14. The van der Waals surface area contributed by atoms with Gasteiger partial charge in [-0.05, 0) is 18.2 Å². The molecule has 2 rings (SSSR count). The molecule has 0 aromatic heterocycles. The zero-order valence-electron chi connectivity index (χ0n) is 10.8. The normalized spacial score (nSPS) is 16.2. The van der Waals surface area contributed by atoms with Gasteiger partial charge in [0.1, 0.15) is 11.4 Å². The number of nitro groups is 1. The molecule has 1 aliphatic rings. The van der Waals surface area contributed by atoms with Gasteiger partial charge in [-0.3, -0.25) is 19.8 Å². The molecule has 1 fully saturated rings. The van der Waals surface area contributed by atoms with E-state index in [2.05, 4.69) is 11.9 Å². The first kappa shape index (κ1) is 14.3. The maximum atomic E-state index is 12.0. The van der Waals surface area contributed by atoms with E-state index < -0.39 is 16.9 Å². The number of hydrogen-bond acceptors (Lipinski definition) is 5. The van der Waals surface area contributed by atoms with Gasteiger partial charge >= 0.3 is 6.03 Å². The lowest BCUT2D eigenvalue weighted by Gasteiger charge is -2.06. The topological polar surface area (TPSA) is 113 Å². The summed E-state index contributed by atoms with van der Waals surface area (Å²) in [6.07, 6.45) is 2.54. The third-order valence-corrected chi connectivity index (χ3v) is 2.78. The van der Waals surface area contributed by atoms with E-state index in [4.69, 9.17) is 0 Å². The van der Waals surface area contributed by atoms with Crippen molar-refractivity contribution in [2.24, 2.45) is 0 Å². The number of imide groups is 1. The zero-order valence-corrected chi connectivity index (χ0v) is 10.8. The Labute approximate surface area is 119 Å². The van der Waals surface area contributed by atoms with E-state index in [0.29, 0.717) is 0 Å². The molecular formula is C13H11N3O5. The zero-order chi connectivity index (χ0) is 15.6. The van der Waals surface area contributed by atoms with Crippen LogP contribution in [0.5, 0.6) is 5.75 Å². The van der Waals surface area contributed by atoms with Crippen molar-refractivity contribution in [3.63, 3.8) is 0 Å². The second-order valence-corrected chi connectivity index (χ2v) is 4.19. The van der Waals surface area contributed by atoms with Gasteiger partial charge in [0.25, 0.3) is 11.6 Å². The van der Waals surface area contributed by atoms with Crippen molar-refractivity contribution in [3.05, 3.63) is 52.2 Å². The van der Waals surface area contributed by atoms with Crippen molar-refractivity contribution in [2.45, 2.75) is 0 Å². The van der Waals surface area contributed by atoms with Crippen LogP contribution in [0.25, 0.3) is 6.08 Å². The fourth-order valence-corrected chi connectivity index (χ4v) is 1.85. The van der Waals surface area contributed by atoms with Gasteiger partial charge in [-0.2, -0.15) is 0 Å². The van der Waals surface area contributed by atoms with Crippen molar-refractivity contribution in [1.29, 1.82) is 0 Å². The van der Waals surface area contributed by atoms with Crippen LogP contribution in [0.1, 0.15) is 5.56 Å². The standard InChI is InChI=1S/C13H11N3O5/c1-2-5-15-12(18)10(14-13(15)19)7-8-6-9(17)3-4-11(8)16(20)21/h2-4,6-7,17H,1,5H2,(H,14,19)/b10-7+. The maximum absolute atomic E-state index is 12.0. The summed E-state index contributed by atoms with van der Waals surface area (Å²) >= 11 is 0. The first-order valence-electron chi connectivity index (χ1n) is 5.87. The molecular weight excluding hydrogens is 278 g/mol. The Balaban J connectivity index is 2.43. The number of rotatable bonds is 4. The molecule has 2 N–H and O–H groups in total. The van der Waals surface area contributed by atoms with E-state index in [1.165, 1.54) is 12.1 Å². The van der Waals surface area contributed by atoms with Crippen LogP contribution in [0.15, 0.2) is 36.6 Å². The highest BCUT2D eigenvalue weighted by atomic mass is 16.6. The molecule has 3 amide bonds.